The second-order valence-electron chi connectivity index (χ2n) is 2.76. The lowest BCUT2D eigenvalue weighted by molar-refractivity contribution is 0.117. The summed E-state index contributed by atoms with van der Waals surface area (Å²) in [6, 6.07) is 0. The van der Waals surface area contributed by atoms with Crippen LogP contribution >= 0.6 is 11.8 Å². The smallest absolute Gasteiger partial charge is 0.0706 e. The molecule has 52 valence electrons. The van der Waals surface area contributed by atoms with Gasteiger partial charge in [0.05, 0.1) is 6.10 Å². The van der Waals surface area contributed by atoms with Gasteiger partial charge in [-0.1, -0.05) is 0 Å². The number of rotatable bonds is 0. The third-order valence-corrected chi connectivity index (χ3v) is 3.33. The Morgan fingerprint density at radius 3 is 3.33 bits per heavy atom. The first-order valence-corrected chi connectivity index (χ1v) is 4.75. The second kappa shape index (κ2) is 2.51. The fraction of sp³-hybridized carbons (Fsp3) is 1.00. The normalized spacial score (nSPS) is 42.7. The molecule has 2 fully saturated rings. The Bertz CT molecular complexity index is 93.1. The Balaban J connectivity index is 1.81. The third kappa shape index (κ3) is 1.41. The van der Waals surface area contributed by atoms with Gasteiger partial charge in [-0.25, -0.2) is 0 Å². The van der Waals surface area contributed by atoms with Crippen LogP contribution in [0.4, 0.5) is 0 Å². The Hall–Kier alpha value is 0.310. The van der Waals surface area contributed by atoms with Crippen molar-refractivity contribution in [3.63, 3.8) is 0 Å². The fourth-order valence-corrected chi connectivity index (χ4v) is 2.47. The van der Waals surface area contributed by atoms with E-state index in [2.05, 4.69) is 11.8 Å². The summed E-state index contributed by atoms with van der Waals surface area (Å²) < 4.78 is 5.54. The van der Waals surface area contributed by atoms with Crippen LogP contribution in [0.2, 0.25) is 0 Å². The summed E-state index contributed by atoms with van der Waals surface area (Å²) in [7, 11) is 0. The van der Waals surface area contributed by atoms with E-state index in [1.165, 1.54) is 25.0 Å². The van der Waals surface area contributed by atoms with E-state index >= 15 is 0 Å². The molecule has 0 aromatic rings. The third-order valence-electron chi connectivity index (χ3n) is 1.88. The van der Waals surface area contributed by atoms with Crippen molar-refractivity contribution in [3.05, 3.63) is 0 Å². The zero-order valence-corrected chi connectivity index (χ0v) is 6.32. The zero-order valence-electron chi connectivity index (χ0n) is 5.51. The maximum atomic E-state index is 5.54. The average molecular weight is 144 g/mol. The van der Waals surface area contributed by atoms with Gasteiger partial charge in [-0.15, -0.1) is 0 Å². The Morgan fingerprint density at radius 1 is 1.33 bits per heavy atom. The van der Waals surface area contributed by atoms with Gasteiger partial charge < -0.3 is 4.74 Å². The predicted octanol–water partition coefficient (Wildman–Crippen LogP) is 1.67. The van der Waals surface area contributed by atoms with Crippen molar-refractivity contribution >= 4 is 11.8 Å². The number of ether oxygens (including phenoxy) is 1. The summed E-state index contributed by atoms with van der Waals surface area (Å²) in [5.74, 6) is 1.37. The molecule has 1 saturated carbocycles. The van der Waals surface area contributed by atoms with Crippen molar-refractivity contribution in [1.82, 2.24) is 0 Å². The van der Waals surface area contributed by atoms with Gasteiger partial charge in [0, 0.05) is 11.9 Å². The second-order valence-corrected chi connectivity index (χ2v) is 4.11. The van der Waals surface area contributed by atoms with E-state index < -0.39 is 0 Å². The molecule has 0 radical (unpaired) electrons. The minimum Gasteiger partial charge on any atom is -0.377 e. The minimum absolute atomic E-state index is 0.648. The van der Waals surface area contributed by atoms with Crippen LogP contribution in [-0.4, -0.2) is 23.7 Å². The van der Waals surface area contributed by atoms with Gasteiger partial charge in [0.1, 0.15) is 0 Å². The van der Waals surface area contributed by atoms with Crippen molar-refractivity contribution in [1.29, 1.82) is 0 Å². The summed E-state index contributed by atoms with van der Waals surface area (Å²) >= 11 is 2.10. The highest BCUT2D eigenvalue weighted by Crippen LogP contribution is 2.39. The maximum absolute atomic E-state index is 5.54. The molecule has 1 saturated heterocycles. The Morgan fingerprint density at radius 2 is 2.33 bits per heavy atom. The molecule has 2 unspecified atom stereocenters. The van der Waals surface area contributed by atoms with Crippen LogP contribution in [0.3, 0.4) is 0 Å². The first-order valence-electron chi connectivity index (χ1n) is 3.70. The number of thioether (sulfide) groups is 1. The zero-order chi connectivity index (χ0) is 6.10. The SMILES string of the molecule is C1CCSC2CC2OC1. The molecule has 2 atom stereocenters. The molecular weight excluding hydrogens is 132 g/mol. The first-order chi connectivity index (χ1) is 4.47. The van der Waals surface area contributed by atoms with E-state index in [1.54, 1.807) is 0 Å². The van der Waals surface area contributed by atoms with Crippen molar-refractivity contribution in [2.75, 3.05) is 12.4 Å². The summed E-state index contributed by atoms with van der Waals surface area (Å²) in [5.41, 5.74) is 0. The van der Waals surface area contributed by atoms with E-state index in [4.69, 9.17) is 4.74 Å². The minimum atomic E-state index is 0.648. The average Bonchev–Trinajstić information content (AvgIpc) is 2.46. The van der Waals surface area contributed by atoms with E-state index in [0.717, 1.165) is 11.9 Å². The van der Waals surface area contributed by atoms with Gasteiger partial charge in [-0.3, -0.25) is 0 Å². The molecule has 2 rings (SSSR count). The van der Waals surface area contributed by atoms with Crippen molar-refractivity contribution in [2.45, 2.75) is 30.6 Å². The lowest BCUT2D eigenvalue weighted by Gasteiger charge is -2.07. The maximum Gasteiger partial charge on any atom is 0.0706 e. The summed E-state index contributed by atoms with van der Waals surface area (Å²) in [6.45, 7) is 1.02. The van der Waals surface area contributed by atoms with Gasteiger partial charge >= 0.3 is 0 Å². The Kier molecular flexibility index (Phi) is 1.68. The van der Waals surface area contributed by atoms with E-state index in [9.17, 15) is 0 Å². The standard InChI is InChI=1S/C7H12OS/c1-2-4-9-7-5-6(7)8-3-1/h6-7H,1-5H2. The molecule has 1 aliphatic heterocycles. The molecule has 0 aromatic carbocycles. The van der Waals surface area contributed by atoms with E-state index in [0.29, 0.717) is 6.10 Å². The number of hydrogen-bond donors (Lipinski definition) is 0. The van der Waals surface area contributed by atoms with Crippen LogP contribution in [0.5, 0.6) is 0 Å². The topological polar surface area (TPSA) is 9.23 Å². The van der Waals surface area contributed by atoms with Crippen LogP contribution in [0.15, 0.2) is 0 Å². The van der Waals surface area contributed by atoms with Gasteiger partial charge in [0.2, 0.25) is 0 Å². The van der Waals surface area contributed by atoms with Crippen LogP contribution in [0.1, 0.15) is 19.3 Å². The highest BCUT2D eigenvalue weighted by Gasteiger charge is 2.38. The largest absolute Gasteiger partial charge is 0.377 e. The van der Waals surface area contributed by atoms with Crippen molar-refractivity contribution in [2.24, 2.45) is 0 Å². The lowest BCUT2D eigenvalue weighted by atomic mass is 10.4. The summed E-state index contributed by atoms with van der Waals surface area (Å²) in [4.78, 5) is 0. The van der Waals surface area contributed by atoms with Gasteiger partial charge in [0.15, 0.2) is 0 Å². The van der Waals surface area contributed by atoms with Crippen LogP contribution in [0.25, 0.3) is 0 Å². The van der Waals surface area contributed by atoms with E-state index in [-0.39, 0.29) is 0 Å². The van der Waals surface area contributed by atoms with Crippen LogP contribution < -0.4 is 0 Å². The molecule has 0 bridgehead atoms. The number of hydrogen-bond acceptors (Lipinski definition) is 2. The quantitative estimate of drug-likeness (QED) is 0.511. The van der Waals surface area contributed by atoms with Crippen LogP contribution in [0, 0.1) is 0 Å². The molecule has 1 nitrogen and oxygen atoms in total. The Labute approximate surface area is 60.2 Å². The highest BCUT2D eigenvalue weighted by molar-refractivity contribution is 8.00. The monoisotopic (exact) mass is 144 g/mol. The molecule has 1 heterocycles. The van der Waals surface area contributed by atoms with Gasteiger partial charge in [0.25, 0.3) is 0 Å². The van der Waals surface area contributed by atoms with E-state index in [1.807, 2.05) is 0 Å². The highest BCUT2D eigenvalue weighted by atomic mass is 32.2. The predicted molar refractivity (Wildman–Crippen MR) is 39.8 cm³/mol. The van der Waals surface area contributed by atoms with Crippen molar-refractivity contribution < 1.29 is 4.74 Å². The molecule has 0 spiro atoms. The number of fused-ring (bicyclic) bond motifs is 1. The summed E-state index contributed by atoms with van der Waals surface area (Å²) in [6.07, 6.45) is 4.60. The molecule has 0 aromatic heterocycles. The lowest BCUT2D eigenvalue weighted by Crippen LogP contribution is -2.04. The molecule has 0 N–H and O–H groups in total. The molecule has 9 heavy (non-hydrogen) atoms. The summed E-state index contributed by atoms with van der Waals surface area (Å²) in [5, 5.41) is 0.880. The molecule has 0 amide bonds. The van der Waals surface area contributed by atoms with Crippen molar-refractivity contribution in [3.8, 4) is 0 Å². The molecular formula is C7H12OS. The van der Waals surface area contributed by atoms with Gasteiger partial charge in [-0.2, -0.15) is 11.8 Å². The fourth-order valence-electron chi connectivity index (χ4n) is 1.17. The first kappa shape index (κ1) is 6.05. The van der Waals surface area contributed by atoms with Gasteiger partial charge in [-0.05, 0) is 25.0 Å². The van der Waals surface area contributed by atoms with Crippen LogP contribution in [-0.2, 0) is 4.74 Å². The molecule has 2 aliphatic rings. The molecule has 1 aliphatic carbocycles. The molecule has 2 heteroatoms.